The first-order chi connectivity index (χ1) is 10.5. The molecule has 1 radical (unpaired) electrons. The molecule has 23 heavy (non-hydrogen) atoms. The molecule has 0 atom stereocenters. The fourth-order valence-corrected chi connectivity index (χ4v) is 2.36. The summed E-state index contributed by atoms with van der Waals surface area (Å²) >= 11 is 0. The van der Waals surface area contributed by atoms with Crippen molar-refractivity contribution in [2.45, 2.75) is 26.2 Å². The van der Waals surface area contributed by atoms with Crippen LogP contribution in [0.15, 0.2) is 30.9 Å². The van der Waals surface area contributed by atoms with Gasteiger partial charge in [0.05, 0.1) is 6.54 Å². The van der Waals surface area contributed by atoms with E-state index in [1.165, 1.54) is 0 Å². The monoisotopic (exact) mass is 395 g/mol. The average Bonchev–Trinajstić information content (AvgIpc) is 2.47. The largest absolute Gasteiger partial charge is 0.490 e. The summed E-state index contributed by atoms with van der Waals surface area (Å²) in [6.07, 6.45) is 2.79. The molecule has 0 bridgehead atoms. The summed E-state index contributed by atoms with van der Waals surface area (Å²) in [5.41, 5.74) is 2.00. The van der Waals surface area contributed by atoms with Crippen molar-refractivity contribution in [2.24, 2.45) is 0 Å². The number of carbonyl (C=O) groups excluding carboxylic acids is 1. The van der Waals surface area contributed by atoms with Crippen molar-refractivity contribution in [2.75, 3.05) is 13.2 Å². The second kappa shape index (κ2) is 9.28. The van der Waals surface area contributed by atoms with Crippen molar-refractivity contribution >= 4 is 11.6 Å². The number of alkyl halides is 2. The summed E-state index contributed by atoms with van der Waals surface area (Å²) in [4.78, 5) is 13.1. The average molecular weight is 395 g/mol. The third-order valence-corrected chi connectivity index (χ3v) is 3.34. The zero-order valence-electron chi connectivity index (χ0n) is 13.0. The van der Waals surface area contributed by atoms with E-state index in [9.17, 15) is 13.6 Å². The fourth-order valence-electron chi connectivity index (χ4n) is 2.36. The van der Waals surface area contributed by atoms with E-state index >= 15 is 0 Å². The SMILES string of the molecule is C=CCOc1ccc(C2=[C-]CCC(=O)N2CC(F)F)c(C)c1.[Y]. The third kappa shape index (κ3) is 5.22. The molecule has 1 aliphatic heterocycles. The maximum Gasteiger partial charge on any atom is 0.256 e. The van der Waals surface area contributed by atoms with Crippen LogP contribution >= 0.6 is 0 Å². The van der Waals surface area contributed by atoms with Crippen LogP contribution < -0.4 is 4.74 Å². The number of amides is 1. The zero-order chi connectivity index (χ0) is 16.1. The Labute approximate surface area is 160 Å². The first-order valence-electron chi connectivity index (χ1n) is 7.07. The zero-order valence-corrected chi connectivity index (χ0v) is 15.9. The summed E-state index contributed by atoms with van der Waals surface area (Å²) in [6.45, 7) is 5.22. The van der Waals surface area contributed by atoms with E-state index in [1.807, 2.05) is 13.0 Å². The van der Waals surface area contributed by atoms with Gasteiger partial charge in [-0.05, 0) is 12.1 Å². The number of hydrogen-bond donors (Lipinski definition) is 0. The smallest absolute Gasteiger partial charge is 0.256 e. The number of benzene rings is 1. The first kappa shape index (κ1) is 20.0. The van der Waals surface area contributed by atoms with Gasteiger partial charge in [-0.15, -0.1) is 29.3 Å². The minimum absolute atomic E-state index is 0. The van der Waals surface area contributed by atoms with Crippen molar-refractivity contribution in [3.8, 4) is 5.75 Å². The number of aryl methyl sites for hydroxylation is 1. The molecule has 0 unspecified atom stereocenters. The molecular weight excluding hydrogens is 377 g/mol. The van der Waals surface area contributed by atoms with Crippen molar-refractivity contribution in [1.29, 1.82) is 0 Å². The molecule has 3 nitrogen and oxygen atoms in total. The Hall–Kier alpha value is -1.07. The maximum atomic E-state index is 12.7. The van der Waals surface area contributed by atoms with Crippen LogP contribution in [0.1, 0.15) is 24.0 Å². The molecule has 1 aliphatic rings. The van der Waals surface area contributed by atoms with E-state index in [0.29, 0.717) is 24.5 Å². The number of nitrogens with zero attached hydrogens (tertiary/aromatic N) is 1. The molecule has 121 valence electrons. The molecule has 2 rings (SSSR count). The molecule has 1 aromatic rings. The first-order valence-corrected chi connectivity index (χ1v) is 7.07. The van der Waals surface area contributed by atoms with Crippen LogP contribution in [0.25, 0.3) is 5.70 Å². The topological polar surface area (TPSA) is 29.5 Å². The van der Waals surface area contributed by atoms with Gasteiger partial charge in [0.25, 0.3) is 6.43 Å². The van der Waals surface area contributed by atoms with E-state index in [4.69, 9.17) is 4.74 Å². The number of rotatable bonds is 6. The van der Waals surface area contributed by atoms with Gasteiger partial charge in [0.2, 0.25) is 5.91 Å². The van der Waals surface area contributed by atoms with E-state index in [0.717, 1.165) is 16.0 Å². The second-order valence-corrected chi connectivity index (χ2v) is 5.00. The summed E-state index contributed by atoms with van der Waals surface area (Å²) in [5, 5.41) is 0. The van der Waals surface area contributed by atoms with E-state index < -0.39 is 13.0 Å². The van der Waals surface area contributed by atoms with Crippen LogP contribution in [-0.4, -0.2) is 30.4 Å². The predicted octanol–water partition coefficient (Wildman–Crippen LogP) is 3.59. The van der Waals surface area contributed by atoms with Crippen LogP contribution in [-0.2, 0) is 37.5 Å². The quantitative estimate of drug-likeness (QED) is 0.544. The minimum atomic E-state index is -2.57. The summed E-state index contributed by atoms with van der Waals surface area (Å²) in [6, 6.07) is 5.33. The Morgan fingerprint density at radius 3 is 2.83 bits per heavy atom. The summed E-state index contributed by atoms with van der Waals surface area (Å²) in [5.74, 6) is 0.379. The van der Waals surface area contributed by atoms with Crippen LogP contribution in [0.4, 0.5) is 8.78 Å². The van der Waals surface area contributed by atoms with Gasteiger partial charge in [-0.1, -0.05) is 19.6 Å². The van der Waals surface area contributed by atoms with Gasteiger partial charge in [0.1, 0.15) is 12.4 Å². The van der Waals surface area contributed by atoms with Crippen molar-refractivity contribution < 1.29 is 51.0 Å². The van der Waals surface area contributed by atoms with Gasteiger partial charge in [-0.3, -0.25) is 4.79 Å². The molecule has 1 amide bonds. The molecule has 0 aromatic heterocycles. The number of halogens is 2. The van der Waals surface area contributed by atoms with Crippen LogP contribution in [0.2, 0.25) is 0 Å². The normalized spacial score (nSPS) is 14.3. The van der Waals surface area contributed by atoms with E-state index in [2.05, 4.69) is 12.7 Å². The molecule has 0 saturated heterocycles. The molecule has 6 heteroatoms. The van der Waals surface area contributed by atoms with Gasteiger partial charge in [0, 0.05) is 39.1 Å². The summed E-state index contributed by atoms with van der Waals surface area (Å²) in [7, 11) is 0. The van der Waals surface area contributed by atoms with Gasteiger partial charge in [-0.25, -0.2) is 14.9 Å². The fraction of sp³-hybridized carbons (Fsp3) is 0.353. The van der Waals surface area contributed by atoms with E-state index in [-0.39, 0.29) is 45.0 Å². The van der Waals surface area contributed by atoms with Crippen molar-refractivity contribution in [3.63, 3.8) is 0 Å². The number of carbonyl (C=O) groups is 1. The number of hydrogen-bond acceptors (Lipinski definition) is 2. The standard InChI is InChI=1S/C17H18F2NO2.Y/c1-3-9-22-13-7-8-14(12(2)10-13)15-5-4-6-17(21)20(15)11-16(18)19;/h3,7-8,10,16H,1,4,6,9,11H2,2H3;/q-1;. The molecule has 0 fully saturated rings. The second-order valence-electron chi connectivity index (χ2n) is 5.00. The third-order valence-electron chi connectivity index (χ3n) is 3.34. The van der Waals surface area contributed by atoms with Crippen molar-refractivity contribution in [3.05, 3.63) is 48.1 Å². The molecule has 1 heterocycles. The van der Waals surface area contributed by atoms with Crippen LogP contribution in [0.5, 0.6) is 5.75 Å². The number of allylic oxidation sites excluding steroid dienone is 1. The van der Waals surface area contributed by atoms with Gasteiger partial charge < -0.3 is 9.64 Å². The van der Waals surface area contributed by atoms with Crippen molar-refractivity contribution in [1.82, 2.24) is 4.90 Å². The van der Waals surface area contributed by atoms with E-state index in [1.54, 1.807) is 18.2 Å². The molecular formula is C17H18F2NO2Y-. The Balaban J connectivity index is 0.00000264. The van der Waals surface area contributed by atoms with Gasteiger partial charge in [0.15, 0.2) is 0 Å². The summed E-state index contributed by atoms with van der Waals surface area (Å²) < 4.78 is 30.9. The van der Waals surface area contributed by atoms with Gasteiger partial charge in [-0.2, -0.15) is 0 Å². The van der Waals surface area contributed by atoms with Crippen LogP contribution in [0.3, 0.4) is 0 Å². The molecule has 1 aromatic carbocycles. The Kier molecular flexibility index (Phi) is 8.06. The number of ether oxygens (including phenoxy) is 1. The molecule has 0 N–H and O–H groups in total. The Bertz CT molecular complexity index is 602. The minimum Gasteiger partial charge on any atom is -0.490 e. The molecule has 0 spiro atoms. The Morgan fingerprint density at radius 1 is 1.48 bits per heavy atom. The van der Waals surface area contributed by atoms with Crippen LogP contribution in [0, 0.1) is 13.0 Å². The van der Waals surface area contributed by atoms with Gasteiger partial charge >= 0.3 is 0 Å². The maximum absolute atomic E-state index is 12.7. The molecule has 0 saturated carbocycles. The Morgan fingerprint density at radius 2 is 2.22 bits per heavy atom. The molecule has 0 aliphatic carbocycles. The predicted molar refractivity (Wildman–Crippen MR) is 80.5 cm³/mol.